The molecule has 328 valence electrons. The summed E-state index contributed by atoms with van der Waals surface area (Å²) >= 11 is 0. The van der Waals surface area contributed by atoms with E-state index >= 15 is 8.78 Å². The van der Waals surface area contributed by atoms with Crippen molar-refractivity contribution in [1.82, 2.24) is 30.0 Å². The predicted molar refractivity (Wildman–Crippen MR) is 232 cm³/mol. The number of carbonyl (C=O) groups is 2. The van der Waals surface area contributed by atoms with Crippen molar-refractivity contribution in [2.45, 2.75) is 87.8 Å². The summed E-state index contributed by atoms with van der Waals surface area (Å²) in [5.74, 6) is -0.988. The van der Waals surface area contributed by atoms with Crippen molar-refractivity contribution in [2.24, 2.45) is 12.5 Å². The number of anilines is 3. The maximum Gasteiger partial charge on any atom is 0.329 e. The lowest BCUT2D eigenvalue weighted by Crippen LogP contribution is -2.52. The molecule has 0 atom stereocenters. The van der Waals surface area contributed by atoms with Gasteiger partial charge in [-0.05, 0) is 106 Å². The zero-order valence-corrected chi connectivity index (χ0v) is 35.8. The van der Waals surface area contributed by atoms with Crippen molar-refractivity contribution in [3.8, 4) is 17.6 Å². The molecule has 1 spiro atoms. The molecule has 10 rings (SSSR count). The number of ether oxygens (including phenoxy) is 1. The summed E-state index contributed by atoms with van der Waals surface area (Å²) in [4.78, 5) is 39.9. The summed E-state index contributed by atoms with van der Waals surface area (Å²) in [6.45, 7) is 3.68. The Morgan fingerprint density at radius 2 is 1.70 bits per heavy atom. The molecule has 2 aromatic heterocycles. The number of piperidine rings is 2. The Hall–Kier alpha value is -5.93. The molecule has 5 heterocycles. The third-order valence-corrected chi connectivity index (χ3v) is 16.0. The maximum absolute atomic E-state index is 15.7. The lowest BCUT2D eigenvalue weighted by atomic mass is 9.56. The van der Waals surface area contributed by atoms with Gasteiger partial charge in [0.05, 0.1) is 38.9 Å². The number of hydrogen-bond donors (Lipinski definition) is 2. The number of sulfonamides is 1. The average molecular weight is 879 g/mol. The van der Waals surface area contributed by atoms with Crippen molar-refractivity contribution in [1.29, 1.82) is 5.26 Å². The van der Waals surface area contributed by atoms with Crippen LogP contribution in [0.5, 0.6) is 11.5 Å². The standard InChI is InChI=1S/C45H48F2N10O5S/c1-54-39-22-40(34(47)21-31(39)43(52-54)57-17-12-41(58)51-44(57)59)56-15-10-28(11-16-56)55-18-13-45(14-19-55)23-27(24-45)38-26-49-36-8-6-29(20-37(36)50-38)62-42-32(25-48)35(9-7-33(42)46)53-63(60,61)30-4-2-3-5-30/h6-9,20-22,26-28,30,53H,2-5,10-19,23-24H2,1H3,(H,51,58,59). The van der Waals surface area contributed by atoms with E-state index in [9.17, 15) is 23.3 Å². The Balaban J connectivity index is 0.748. The van der Waals surface area contributed by atoms with E-state index in [2.05, 4.69) is 29.9 Å². The maximum atomic E-state index is 15.7. The molecular weight excluding hydrogens is 831 g/mol. The normalized spacial score (nSPS) is 20.3. The van der Waals surface area contributed by atoms with Gasteiger partial charge in [0, 0.05) is 62.7 Å². The quantitative estimate of drug-likeness (QED) is 0.153. The van der Waals surface area contributed by atoms with Gasteiger partial charge in [-0.2, -0.15) is 10.4 Å². The van der Waals surface area contributed by atoms with Gasteiger partial charge in [0.2, 0.25) is 15.9 Å². The van der Waals surface area contributed by atoms with Crippen LogP contribution >= 0.6 is 0 Å². The van der Waals surface area contributed by atoms with Gasteiger partial charge in [0.1, 0.15) is 23.2 Å². The summed E-state index contributed by atoms with van der Waals surface area (Å²) in [6.07, 6.45) is 10.8. The predicted octanol–water partition coefficient (Wildman–Crippen LogP) is 7.22. The fraction of sp³-hybridized carbons (Fsp3) is 0.467. The van der Waals surface area contributed by atoms with Crippen LogP contribution in [0.1, 0.15) is 87.8 Å². The Labute approximate surface area is 363 Å². The van der Waals surface area contributed by atoms with Gasteiger partial charge in [-0.15, -0.1) is 0 Å². The lowest BCUT2D eigenvalue weighted by molar-refractivity contribution is -0.120. The second kappa shape index (κ2) is 16.0. The molecule has 5 fully saturated rings. The SMILES string of the molecule is Cn1nc(N2CCC(=O)NC2=O)c2cc(F)c(N3CCC(N4CCC5(CC4)CC(c4cnc6ccc(Oc7c(F)ccc(NS(=O)(=O)C8CCCC8)c7C#N)cc6n4)C5)CC3)cc21. The van der Waals surface area contributed by atoms with E-state index in [0.717, 1.165) is 94.8 Å². The van der Waals surface area contributed by atoms with Gasteiger partial charge in [-0.1, -0.05) is 12.8 Å². The molecule has 3 aromatic carbocycles. The van der Waals surface area contributed by atoms with Gasteiger partial charge in [0.15, 0.2) is 17.4 Å². The fourth-order valence-electron chi connectivity index (χ4n) is 10.6. The summed E-state index contributed by atoms with van der Waals surface area (Å²) in [7, 11) is -1.98. The number of urea groups is 1. The first kappa shape index (κ1) is 41.1. The number of amides is 3. The number of aromatic nitrogens is 4. The highest BCUT2D eigenvalue weighted by atomic mass is 32.2. The van der Waals surface area contributed by atoms with E-state index in [1.165, 1.54) is 17.0 Å². The lowest BCUT2D eigenvalue weighted by Gasteiger charge is -2.53. The molecule has 63 heavy (non-hydrogen) atoms. The first-order valence-corrected chi connectivity index (χ1v) is 23.4. The van der Waals surface area contributed by atoms with E-state index in [-0.39, 0.29) is 58.8 Å². The van der Waals surface area contributed by atoms with Crippen LogP contribution in [0.15, 0.2) is 48.7 Å². The zero-order valence-electron chi connectivity index (χ0n) is 34.9. The molecule has 3 saturated heterocycles. The molecule has 3 amide bonds. The number of rotatable bonds is 9. The molecular formula is C45H48F2N10O5S. The van der Waals surface area contributed by atoms with E-state index < -0.39 is 27.1 Å². The first-order valence-electron chi connectivity index (χ1n) is 21.8. The van der Waals surface area contributed by atoms with Crippen molar-refractivity contribution in [3.05, 3.63) is 71.6 Å². The van der Waals surface area contributed by atoms with E-state index in [1.807, 2.05) is 18.3 Å². The molecule has 3 aliphatic heterocycles. The Morgan fingerprint density at radius 3 is 2.43 bits per heavy atom. The summed E-state index contributed by atoms with van der Waals surface area (Å²) in [6, 6.07) is 12.5. The van der Waals surface area contributed by atoms with Crippen molar-refractivity contribution < 1.29 is 31.5 Å². The largest absolute Gasteiger partial charge is 0.453 e. The van der Waals surface area contributed by atoms with Crippen LogP contribution in [0, 0.1) is 28.4 Å². The van der Waals surface area contributed by atoms with Crippen LogP contribution in [0.4, 0.5) is 30.8 Å². The molecule has 18 heteroatoms. The number of halogens is 2. The highest BCUT2D eigenvalue weighted by molar-refractivity contribution is 7.93. The Morgan fingerprint density at radius 1 is 0.937 bits per heavy atom. The minimum Gasteiger partial charge on any atom is -0.453 e. The molecule has 0 radical (unpaired) electrons. The van der Waals surface area contributed by atoms with E-state index in [0.29, 0.717) is 46.8 Å². The van der Waals surface area contributed by atoms with Crippen LogP contribution in [0.25, 0.3) is 21.9 Å². The number of imide groups is 1. The van der Waals surface area contributed by atoms with E-state index in [4.69, 9.17) is 9.72 Å². The van der Waals surface area contributed by atoms with Gasteiger partial charge in [-0.3, -0.25) is 29.4 Å². The zero-order chi connectivity index (χ0) is 43.6. The topological polar surface area (TPSA) is 179 Å². The van der Waals surface area contributed by atoms with Crippen LogP contribution in [0.3, 0.4) is 0 Å². The highest BCUT2D eigenvalue weighted by Crippen LogP contribution is 2.56. The third-order valence-electron chi connectivity index (χ3n) is 14.1. The molecule has 2 saturated carbocycles. The average Bonchev–Trinajstić information content (AvgIpc) is 3.93. The minimum atomic E-state index is -3.76. The number of fused-ring (bicyclic) bond motifs is 2. The Kier molecular flexibility index (Phi) is 10.4. The van der Waals surface area contributed by atoms with Gasteiger partial charge >= 0.3 is 6.03 Å². The van der Waals surface area contributed by atoms with Crippen LogP contribution < -0.4 is 24.6 Å². The molecule has 2 N–H and O–H groups in total. The number of hydrogen-bond acceptors (Lipinski definition) is 11. The third kappa shape index (κ3) is 7.68. The molecule has 0 unspecified atom stereocenters. The van der Waals surface area contributed by atoms with Crippen molar-refractivity contribution in [3.63, 3.8) is 0 Å². The molecule has 5 aliphatic rings. The van der Waals surface area contributed by atoms with Gasteiger partial charge in [-0.25, -0.2) is 27.0 Å². The molecule has 0 bridgehead atoms. The van der Waals surface area contributed by atoms with Gasteiger partial charge in [0.25, 0.3) is 0 Å². The number of aryl methyl sites for hydroxylation is 1. The number of nitrogens with one attached hydrogen (secondary N) is 2. The second-order valence-corrected chi connectivity index (χ2v) is 19.9. The monoisotopic (exact) mass is 878 g/mol. The molecule has 2 aliphatic carbocycles. The van der Waals surface area contributed by atoms with Crippen LogP contribution in [0.2, 0.25) is 0 Å². The number of nitriles is 1. The fourth-order valence-corrected chi connectivity index (χ4v) is 12.2. The smallest absolute Gasteiger partial charge is 0.329 e. The number of benzene rings is 3. The van der Waals surface area contributed by atoms with Crippen molar-refractivity contribution in [2.75, 3.05) is 47.2 Å². The summed E-state index contributed by atoms with van der Waals surface area (Å²) in [5.41, 5.74) is 3.38. The van der Waals surface area contributed by atoms with Crippen LogP contribution in [-0.2, 0) is 21.9 Å². The summed E-state index contributed by atoms with van der Waals surface area (Å²) < 4.78 is 67.0. The first-order chi connectivity index (χ1) is 30.4. The minimum absolute atomic E-state index is 0.0184. The van der Waals surface area contributed by atoms with E-state index in [1.54, 1.807) is 29.9 Å². The number of carbonyl (C=O) groups excluding carboxylic acids is 2. The van der Waals surface area contributed by atoms with Gasteiger partial charge < -0.3 is 14.5 Å². The Bertz CT molecular complexity index is 2800. The second-order valence-electron chi connectivity index (χ2n) is 17.9. The molecule has 15 nitrogen and oxygen atoms in total. The van der Waals surface area contributed by atoms with Crippen molar-refractivity contribution >= 4 is 61.1 Å². The van der Waals surface area contributed by atoms with Crippen LogP contribution in [-0.4, -0.2) is 89.0 Å². The number of likely N-dealkylation sites (tertiary alicyclic amines) is 1. The molecule has 5 aromatic rings. The number of nitrogens with zero attached hydrogens (tertiary/aromatic N) is 8. The summed E-state index contributed by atoms with van der Waals surface area (Å²) in [5, 5.41) is 16.8. The highest BCUT2D eigenvalue weighted by Gasteiger charge is 2.47.